The molecule has 1 amide bonds. The summed E-state index contributed by atoms with van der Waals surface area (Å²) in [6, 6.07) is 0. The van der Waals surface area contributed by atoms with Crippen molar-refractivity contribution in [2.75, 3.05) is 0 Å². The van der Waals surface area contributed by atoms with Crippen LogP contribution in [0, 0.1) is 0 Å². The highest BCUT2D eigenvalue weighted by Gasteiger charge is 2.17. The summed E-state index contributed by atoms with van der Waals surface area (Å²) in [5.41, 5.74) is 0.667. The van der Waals surface area contributed by atoms with Crippen LogP contribution in [-0.2, 0) is 4.79 Å². The van der Waals surface area contributed by atoms with Crippen LogP contribution < -0.4 is 5.32 Å². The second kappa shape index (κ2) is 2.09. The largest absolute Gasteiger partial charge is 0.510 e. The summed E-state index contributed by atoms with van der Waals surface area (Å²) in [4.78, 5) is 10.5. The smallest absolute Gasteiger partial charge is 0.231 e. The van der Waals surface area contributed by atoms with Gasteiger partial charge >= 0.3 is 0 Å². The molecule has 0 aromatic carbocycles. The first-order chi connectivity index (χ1) is 4.24. The van der Waals surface area contributed by atoms with Crippen molar-refractivity contribution in [2.45, 2.75) is 19.8 Å². The van der Waals surface area contributed by atoms with E-state index in [1.54, 1.807) is 0 Å². The lowest BCUT2D eigenvalue weighted by Gasteiger charge is -1.94. The molecule has 0 atom stereocenters. The lowest BCUT2D eigenvalue weighted by molar-refractivity contribution is -0.119. The van der Waals surface area contributed by atoms with Gasteiger partial charge in [-0.3, -0.25) is 4.79 Å². The minimum Gasteiger partial charge on any atom is -0.510 e. The summed E-state index contributed by atoms with van der Waals surface area (Å²) in [7, 11) is 0. The van der Waals surface area contributed by atoms with Crippen LogP contribution in [0.15, 0.2) is 11.5 Å². The third kappa shape index (κ3) is 1.04. The Kier molecular flexibility index (Phi) is 1.42. The molecular weight excluding hydrogens is 118 g/mol. The predicted octanol–water partition coefficient (Wildman–Crippen LogP) is 0.686. The van der Waals surface area contributed by atoms with Crippen LogP contribution in [0.2, 0.25) is 0 Å². The molecule has 0 saturated heterocycles. The van der Waals surface area contributed by atoms with Gasteiger partial charge in [0.1, 0.15) is 5.76 Å². The highest BCUT2D eigenvalue weighted by Crippen LogP contribution is 2.12. The lowest BCUT2D eigenvalue weighted by Crippen LogP contribution is -2.14. The number of aliphatic hydroxyl groups excluding tert-OH is 1. The molecule has 0 radical (unpaired) electrons. The van der Waals surface area contributed by atoms with Gasteiger partial charge in [0.05, 0.1) is 12.1 Å². The molecule has 0 aromatic rings. The molecule has 0 aromatic heterocycles. The third-order valence-corrected chi connectivity index (χ3v) is 1.32. The Labute approximate surface area is 53.4 Å². The predicted molar refractivity (Wildman–Crippen MR) is 32.7 cm³/mol. The molecule has 1 rings (SSSR count). The number of allylic oxidation sites excluding steroid dienone is 1. The van der Waals surface area contributed by atoms with Gasteiger partial charge in [-0.25, -0.2) is 0 Å². The summed E-state index contributed by atoms with van der Waals surface area (Å²) in [5, 5.41) is 11.5. The molecule has 1 aliphatic rings. The number of aliphatic hydroxyl groups is 1. The zero-order valence-electron chi connectivity index (χ0n) is 5.27. The van der Waals surface area contributed by atoms with Crippen LogP contribution >= 0.6 is 0 Å². The topological polar surface area (TPSA) is 49.3 Å². The normalized spacial score (nSPS) is 18.6. The molecule has 0 saturated carbocycles. The van der Waals surface area contributed by atoms with Crippen LogP contribution in [0.1, 0.15) is 19.8 Å². The molecule has 3 nitrogen and oxygen atoms in total. The van der Waals surface area contributed by atoms with Crippen LogP contribution in [0.5, 0.6) is 0 Å². The van der Waals surface area contributed by atoms with Crippen molar-refractivity contribution in [3.8, 4) is 0 Å². The Morgan fingerprint density at radius 3 is 2.67 bits per heavy atom. The van der Waals surface area contributed by atoms with Crippen molar-refractivity contribution in [1.82, 2.24) is 5.32 Å². The van der Waals surface area contributed by atoms with Gasteiger partial charge in [0.15, 0.2) is 0 Å². The van der Waals surface area contributed by atoms with Gasteiger partial charge in [0.25, 0.3) is 0 Å². The number of carbonyl (C=O) groups excluding carboxylic acids is 1. The van der Waals surface area contributed by atoms with E-state index in [0.717, 1.165) is 0 Å². The molecule has 0 aliphatic carbocycles. The number of carbonyl (C=O) groups is 1. The summed E-state index contributed by atoms with van der Waals surface area (Å²) in [6.45, 7) is 1.89. The van der Waals surface area contributed by atoms with E-state index in [-0.39, 0.29) is 18.1 Å². The molecule has 1 heterocycles. The zero-order valence-corrected chi connectivity index (χ0v) is 5.27. The molecule has 2 N–H and O–H groups in total. The maximum absolute atomic E-state index is 10.5. The fourth-order valence-corrected chi connectivity index (χ4v) is 0.836. The summed E-state index contributed by atoms with van der Waals surface area (Å²) in [6.07, 6.45) is 0.848. The van der Waals surface area contributed by atoms with E-state index >= 15 is 0 Å². The summed E-state index contributed by atoms with van der Waals surface area (Å²) < 4.78 is 0. The van der Waals surface area contributed by atoms with Crippen molar-refractivity contribution >= 4 is 5.91 Å². The van der Waals surface area contributed by atoms with Crippen LogP contribution in [-0.4, -0.2) is 11.0 Å². The van der Waals surface area contributed by atoms with Crippen molar-refractivity contribution in [3.63, 3.8) is 0 Å². The van der Waals surface area contributed by atoms with Gasteiger partial charge in [-0.2, -0.15) is 0 Å². The van der Waals surface area contributed by atoms with Gasteiger partial charge in [-0.15, -0.1) is 0 Å². The van der Waals surface area contributed by atoms with E-state index in [4.69, 9.17) is 5.11 Å². The van der Waals surface area contributed by atoms with Crippen molar-refractivity contribution in [1.29, 1.82) is 0 Å². The quantitative estimate of drug-likeness (QED) is 0.544. The minimum absolute atomic E-state index is 0.107. The van der Waals surface area contributed by atoms with E-state index in [1.165, 1.54) is 0 Å². The van der Waals surface area contributed by atoms with E-state index in [9.17, 15) is 4.79 Å². The van der Waals surface area contributed by atoms with Crippen LogP contribution in [0.4, 0.5) is 0 Å². The average molecular weight is 127 g/mol. The Hall–Kier alpha value is -0.990. The number of rotatable bonds is 1. The maximum atomic E-state index is 10.5. The van der Waals surface area contributed by atoms with Crippen LogP contribution in [0.25, 0.3) is 0 Å². The van der Waals surface area contributed by atoms with E-state index in [2.05, 4.69) is 5.32 Å². The number of amides is 1. The molecule has 0 spiro atoms. The molecule has 50 valence electrons. The highest BCUT2D eigenvalue weighted by atomic mass is 16.3. The molecule has 3 heteroatoms. The Bertz CT molecular complexity index is 172. The van der Waals surface area contributed by atoms with E-state index in [0.29, 0.717) is 12.1 Å². The molecule has 0 bridgehead atoms. The number of hydrogen-bond donors (Lipinski definition) is 2. The Morgan fingerprint density at radius 1 is 1.78 bits per heavy atom. The fraction of sp³-hybridized carbons (Fsp3) is 0.500. The maximum Gasteiger partial charge on any atom is 0.231 e. The molecule has 0 unspecified atom stereocenters. The van der Waals surface area contributed by atoms with Crippen LogP contribution in [0.3, 0.4) is 0 Å². The Balaban J connectivity index is 2.69. The van der Waals surface area contributed by atoms with Gasteiger partial charge < -0.3 is 10.4 Å². The van der Waals surface area contributed by atoms with Gasteiger partial charge in [-0.1, -0.05) is 6.92 Å². The molecule has 1 aliphatic heterocycles. The second-order valence-electron chi connectivity index (χ2n) is 2.00. The monoisotopic (exact) mass is 127 g/mol. The van der Waals surface area contributed by atoms with E-state index in [1.807, 2.05) is 6.92 Å². The number of nitrogens with one attached hydrogen (secondary N) is 1. The van der Waals surface area contributed by atoms with Crippen molar-refractivity contribution < 1.29 is 9.90 Å². The van der Waals surface area contributed by atoms with E-state index < -0.39 is 0 Å². The molecular formula is C6H9NO2. The SMILES string of the molecule is CCC1=C(O)CC(=O)N1. The van der Waals surface area contributed by atoms with Crippen molar-refractivity contribution in [2.24, 2.45) is 0 Å². The summed E-state index contributed by atoms with van der Waals surface area (Å²) in [5.74, 6) is 0.0897. The third-order valence-electron chi connectivity index (χ3n) is 1.32. The molecule has 0 fully saturated rings. The average Bonchev–Trinajstić information content (AvgIpc) is 2.10. The Morgan fingerprint density at radius 2 is 2.44 bits per heavy atom. The standard InChI is InChI=1S/C6H9NO2/c1-2-4-5(8)3-6(9)7-4/h8H,2-3H2,1H3,(H,7,9). The first kappa shape index (κ1) is 6.13. The minimum atomic E-state index is -0.107. The van der Waals surface area contributed by atoms with Gasteiger partial charge in [-0.05, 0) is 6.42 Å². The summed E-state index contributed by atoms with van der Waals surface area (Å²) >= 11 is 0. The zero-order chi connectivity index (χ0) is 6.85. The van der Waals surface area contributed by atoms with Gasteiger partial charge in [0, 0.05) is 0 Å². The number of hydrogen-bond acceptors (Lipinski definition) is 2. The highest BCUT2D eigenvalue weighted by molar-refractivity contribution is 5.83. The molecule has 9 heavy (non-hydrogen) atoms. The fourth-order valence-electron chi connectivity index (χ4n) is 0.836. The lowest BCUT2D eigenvalue weighted by atomic mass is 10.3. The second-order valence-corrected chi connectivity index (χ2v) is 2.00. The van der Waals surface area contributed by atoms with Crippen molar-refractivity contribution in [3.05, 3.63) is 11.5 Å². The first-order valence-electron chi connectivity index (χ1n) is 2.95. The van der Waals surface area contributed by atoms with Gasteiger partial charge in [0.2, 0.25) is 5.91 Å². The first-order valence-corrected chi connectivity index (χ1v) is 2.95.